The van der Waals surface area contributed by atoms with E-state index in [0.717, 1.165) is 31.5 Å². The first kappa shape index (κ1) is 17.5. The molecule has 1 heterocycles. The van der Waals surface area contributed by atoms with Gasteiger partial charge in [-0.05, 0) is 42.2 Å². The molecule has 1 saturated heterocycles. The van der Waals surface area contributed by atoms with E-state index >= 15 is 0 Å². The molecule has 126 valence electrons. The number of amides is 1. The molecule has 23 heavy (non-hydrogen) atoms. The van der Waals surface area contributed by atoms with Crippen LogP contribution in [-0.4, -0.2) is 35.0 Å². The van der Waals surface area contributed by atoms with E-state index in [9.17, 15) is 14.7 Å². The lowest BCUT2D eigenvalue weighted by atomic mass is 9.72. The highest BCUT2D eigenvalue weighted by molar-refractivity contribution is 5.89. The topological polar surface area (TPSA) is 57.6 Å². The summed E-state index contributed by atoms with van der Waals surface area (Å²) in [7, 11) is 0. The Balaban J connectivity index is 1.91. The first-order valence-corrected chi connectivity index (χ1v) is 8.42. The maximum Gasteiger partial charge on any atom is 0.335 e. The highest BCUT2D eigenvalue weighted by atomic mass is 16.4. The highest BCUT2D eigenvalue weighted by Crippen LogP contribution is 2.38. The quantitative estimate of drug-likeness (QED) is 0.902. The van der Waals surface area contributed by atoms with Crippen molar-refractivity contribution < 1.29 is 14.7 Å². The van der Waals surface area contributed by atoms with Crippen LogP contribution < -0.4 is 0 Å². The summed E-state index contributed by atoms with van der Waals surface area (Å²) in [4.78, 5) is 25.6. The van der Waals surface area contributed by atoms with Gasteiger partial charge in [-0.25, -0.2) is 4.79 Å². The van der Waals surface area contributed by atoms with Crippen molar-refractivity contribution in [3.05, 3.63) is 35.4 Å². The van der Waals surface area contributed by atoms with E-state index in [0.29, 0.717) is 29.7 Å². The second kappa shape index (κ2) is 7.16. The molecule has 1 aromatic rings. The molecule has 2 rings (SSSR count). The minimum Gasteiger partial charge on any atom is -0.478 e. The number of carboxylic acids is 1. The molecule has 0 spiro atoms. The number of aryl methyl sites for hydroxylation is 1. The van der Waals surface area contributed by atoms with Gasteiger partial charge in [0.2, 0.25) is 5.91 Å². The minimum atomic E-state index is -0.932. The van der Waals surface area contributed by atoms with Crippen LogP contribution >= 0.6 is 0 Å². The van der Waals surface area contributed by atoms with Gasteiger partial charge in [-0.3, -0.25) is 4.79 Å². The van der Waals surface area contributed by atoms with Gasteiger partial charge in [-0.15, -0.1) is 0 Å². The summed E-state index contributed by atoms with van der Waals surface area (Å²) in [5, 5.41) is 9.19. The van der Waals surface area contributed by atoms with Gasteiger partial charge in [-0.2, -0.15) is 0 Å². The number of aromatic carboxylic acids is 1. The van der Waals surface area contributed by atoms with E-state index in [1.807, 2.05) is 11.0 Å². The fourth-order valence-corrected chi connectivity index (χ4v) is 3.19. The second-order valence-electron chi connectivity index (χ2n) is 7.15. The molecule has 1 amide bonds. The first-order valence-electron chi connectivity index (χ1n) is 8.42. The Bertz CT molecular complexity index is 572. The third-order valence-electron chi connectivity index (χ3n) is 5.51. The van der Waals surface area contributed by atoms with E-state index in [2.05, 4.69) is 20.8 Å². The number of nitrogens with zero attached hydrogens (tertiary/aromatic N) is 1. The van der Waals surface area contributed by atoms with Crippen molar-refractivity contribution in [3.63, 3.8) is 0 Å². The van der Waals surface area contributed by atoms with Crippen LogP contribution in [0.4, 0.5) is 0 Å². The van der Waals surface area contributed by atoms with Gasteiger partial charge in [0.05, 0.1) is 5.56 Å². The van der Waals surface area contributed by atoms with Crippen LogP contribution in [0.5, 0.6) is 0 Å². The molecule has 0 saturated carbocycles. The highest BCUT2D eigenvalue weighted by Gasteiger charge is 2.34. The number of carboxylic acid groups (broad SMARTS) is 1. The Morgan fingerprint density at radius 3 is 2.39 bits per heavy atom. The zero-order chi connectivity index (χ0) is 17.0. The molecule has 1 aliphatic rings. The predicted molar refractivity (Wildman–Crippen MR) is 90.5 cm³/mol. The smallest absolute Gasteiger partial charge is 0.335 e. The van der Waals surface area contributed by atoms with Crippen molar-refractivity contribution >= 4 is 11.9 Å². The summed E-state index contributed by atoms with van der Waals surface area (Å²) < 4.78 is 0. The van der Waals surface area contributed by atoms with Gasteiger partial charge < -0.3 is 10.0 Å². The molecule has 1 N–H and O–H groups in total. The fourth-order valence-electron chi connectivity index (χ4n) is 3.19. The van der Waals surface area contributed by atoms with Crippen molar-refractivity contribution in [2.24, 2.45) is 11.3 Å². The van der Waals surface area contributed by atoms with E-state index in [4.69, 9.17) is 0 Å². The lowest BCUT2D eigenvalue weighted by Gasteiger charge is -2.42. The van der Waals surface area contributed by atoms with Crippen molar-refractivity contribution in [2.75, 3.05) is 13.1 Å². The monoisotopic (exact) mass is 317 g/mol. The van der Waals surface area contributed by atoms with Crippen molar-refractivity contribution in [2.45, 2.75) is 46.5 Å². The third-order valence-corrected chi connectivity index (χ3v) is 5.51. The fraction of sp³-hybridized carbons (Fsp3) is 0.579. The molecule has 4 nitrogen and oxygen atoms in total. The lowest BCUT2D eigenvalue weighted by Crippen LogP contribution is -2.44. The van der Waals surface area contributed by atoms with Crippen LogP contribution in [0.1, 0.15) is 56.0 Å². The van der Waals surface area contributed by atoms with Gasteiger partial charge in [0.25, 0.3) is 0 Å². The standard InChI is InChI=1S/C19H27NO3/c1-14(2)19(3)10-12-20(13-11-19)17(21)9-8-15-6-4-5-7-16(15)18(22)23/h4-7,14H,8-13H2,1-3H3,(H,22,23). The Kier molecular flexibility index (Phi) is 5.45. The molecule has 0 unspecified atom stereocenters. The number of benzene rings is 1. The SMILES string of the molecule is CC(C)C1(C)CCN(C(=O)CCc2ccccc2C(=O)O)CC1. The van der Waals surface area contributed by atoms with E-state index < -0.39 is 5.97 Å². The molecular weight excluding hydrogens is 290 g/mol. The summed E-state index contributed by atoms with van der Waals surface area (Å²) in [5.41, 5.74) is 1.36. The third kappa shape index (κ3) is 4.12. The van der Waals surface area contributed by atoms with E-state index in [1.165, 1.54) is 0 Å². The van der Waals surface area contributed by atoms with Crippen LogP contribution in [0.25, 0.3) is 0 Å². The molecule has 4 heteroatoms. The maximum atomic E-state index is 12.4. The molecule has 0 radical (unpaired) electrons. The molecule has 1 fully saturated rings. The summed E-state index contributed by atoms with van der Waals surface area (Å²) in [6.45, 7) is 8.44. The van der Waals surface area contributed by atoms with E-state index in [-0.39, 0.29) is 5.91 Å². The summed E-state index contributed by atoms with van der Waals surface area (Å²) in [6, 6.07) is 6.92. The average molecular weight is 317 g/mol. The molecular formula is C19H27NO3. The molecule has 1 aliphatic heterocycles. The molecule has 0 aromatic heterocycles. The molecule has 0 bridgehead atoms. The summed E-state index contributed by atoms with van der Waals surface area (Å²) in [5.74, 6) is -0.170. The molecule has 0 aliphatic carbocycles. The van der Waals surface area contributed by atoms with E-state index in [1.54, 1.807) is 18.2 Å². The number of carbonyl (C=O) groups is 2. The minimum absolute atomic E-state index is 0.135. The zero-order valence-corrected chi connectivity index (χ0v) is 14.3. The van der Waals surface area contributed by atoms with Crippen molar-refractivity contribution in [1.29, 1.82) is 0 Å². The Morgan fingerprint density at radius 1 is 1.22 bits per heavy atom. The van der Waals surface area contributed by atoms with Gasteiger partial charge in [0.15, 0.2) is 0 Å². The summed E-state index contributed by atoms with van der Waals surface area (Å²) >= 11 is 0. The van der Waals surface area contributed by atoms with Crippen LogP contribution in [0.15, 0.2) is 24.3 Å². The number of hydrogen-bond acceptors (Lipinski definition) is 2. The summed E-state index contributed by atoms with van der Waals surface area (Å²) in [6.07, 6.45) is 2.95. The van der Waals surface area contributed by atoms with Crippen molar-refractivity contribution in [3.8, 4) is 0 Å². The number of likely N-dealkylation sites (tertiary alicyclic amines) is 1. The largest absolute Gasteiger partial charge is 0.478 e. The Labute approximate surface area is 138 Å². The second-order valence-corrected chi connectivity index (χ2v) is 7.15. The van der Waals surface area contributed by atoms with Crippen molar-refractivity contribution in [1.82, 2.24) is 4.90 Å². The maximum absolute atomic E-state index is 12.4. The Hall–Kier alpha value is -1.84. The van der Waals surface area contributed by atoms with Gasteiger partial charge in [0, 0.05) is 19.5 Å². The van der Waals surface area contributed by atoms with Crippen LogP contribution in [0.2, 0.25) is 0 Å². The molecule has 0 atom stereocenters. The normalized spacial score (nSPS) is 17.3. The van der Waals surface area contributed by atoms with Crippen LogP contribution in [0.3, 0.4) is 0 Å². The van der Waals surface area contributed by atoms with Crippen LogP contribution in [-0.2, 0) is 11.2 Å². The average Bonchev–Trinajstić information content (AvgIpc) is 2.53. The number of hydrogen-bond donors (Lipinski definition) is 1. The van der Waals surface area contributed by atoms with Gasteiger partial charge >= 0.3 is 5.97 Å². The lowest BCUT2D eigenvalue weighted by molar-refractivity contribution is -0.133. The molecule has 1 aromatic carbocycles. The van der Waals surface area contributed by atoms with Crippen LogP contribution in [0, 0.1) is 11.3 Å². The number of piperidine rings is 1. The number of rotatable bonds is 5. The van der Waals surface area contributed by atoms with Gasteiger partial charge in [-0.1, -0.05) is 39.0 Å². The van der Waals surface area contributed by atoms with Gasteiger partial charge in [0.1, 0.15) is 0 Å². The predicted octanol–water partition coefficient (Wildman–Crippen LogP) is 3.60. The Morgan fingerprint density at radius 2 is 1.83 bits per heavy atom. The zero-order valence-electron chi connectivity index (χ0n) is 14.3. The first-order chi connectivity index (χ1) is 10.8. The number of carbonyl (C=O) groups excluding carboxylic acids is 1.